The van der Waals surface area contributed by atoms with Gasteiger partial charge in [-0.15, -0.1) is 0 Å². The molecule has 11 heavy (non-hydrogen) atoms. The predicted octanol–water partition coefficient (Wildman–Crippen LogP) is 1.88. The van der Waals surface area contributed by atoms with Crippen molar-refractivity contribution in [1.29, 1.82) is 0 Å². The Morgan fingerprint density at radius 1 is 1.55 bits per heavy atom. The molecule has 2 aliphatic rings. The lowest BCUT2D eigenvalue weighted by molar-refractivity contribution is 0.344. The fraction of sp³-hybridized carbons (Fsp3) is 1.00. The zero-order chi connectivity index (χ0) is 7.73. The Hall–Kier alpha value is 0.310. The monoisotopic (exact) mass is 171 g/mol. The highest BCUT2D eigenvalue weighted by atomic mass is 32.2. The molecule has 1 nitrogen and oxygen atoms in total. The van der Waals surface area contributed by atoms with Crippen LogP contribution in [0.1, 0.15) is 26.2 Å². The average molecular weight is 171 g/mol. The molecule has 64 valence electrons. The maximum atomic E-state index is 3.48. The van der Waals surface area contributed by atoms with Gasteiger partial charge in [-0.2, -0.15) is 11.8 Å². The standard InChI is InChI=1S/C9H17NS/c1-9(4-5-10-7-9)8-3-2-6-11-8/h8,10H,2-7H2,1H3. The maximum Gasteiger partial charge on any atom is 0.0114 e. The van der Waals surface area contributed by atoms with Gasteiger partial charge < -0.3 is 5.32 Å². The van der Waals surface area contributed by atoms with Gasteiger partial charge in [-0.3, -0.25) is 0 Å². The molecule has 2 fully saturated rings. The first-order valence-corrected chi connectivity index (χ1v) is 5.68. The van der Waals surface area contributed by atoms with E-state index in [4.69, 9.17) is 0 Å². The van der Waals surface area contributed by atoms with E-state index in [1.54, 1.807) is 0 Å². The van der Waals surface area contributed by atoms with Crippen molar-refractivity contribution in [1.82, 2.24) is 5.32 Å². The van der Waals surface area contributed by atoms with E-state index in [0.29, 0.717) is 5.41 Å². The first-order chi connectivity index (χ1) is 5.31. The van der Waals surface area contributed by atoms with E-state index in [1.807, 2.05) is 0 Å². The van der Waals surface area contributed by atoms with Gasteiger partial charge in [0.1, 0.15) is 0 Å². The van der Waals surface area contributed by atoms with E-state index in [2.05, 4.69) is 24.0 Å². The molecule has 0 aromatic carbocycles. The van der Waals surface area contributed by atoms with Crippen LogP contribution in [0, 0.1) is 5.41 Å². The summed E-state index contributed by atoms with van der Waals surface area (Å²) in [5, 5.41) is 4.43. The third-order valence-electron chi connectivity index (χ3n) is 3.11. The highest BCUT2D eigenvalue weighted by Crippen LogP contribution is 2.42. The van der Waals surface area contributed by atoms with Gasteiger partial charge in [-0.25, -0.2) is 0 Å². The molecule has 2 heterocycles. The summed E-state index contributed by atoms with van der Waals surface area (Å²) < 4.78 is 0. The molecule has 0 spiro atoms. The van der Waals surface area contributed by atoms with Crippen molar-refractivity contribution >= 4 is 11.8 Å². The molecule has 0 amide bonds. The van der Waals surface area contributed by atoms with Crippen LogP contribution in [-0.4, -0.2) is 24.1 Å². The van der Waals surface area contributed by atoms with E-state index >= 15 is 0 Å². The summed E-state index contributed by atoms with van der Waals surface area (Å²) in [7, 11) is 0. The number of hydrogen-bond donors (Lipinski definition) is 1. The Kier molecular flexibility index (Phi) is 2.15. The van der Waals surface area contributed by atoms with Crippen LogP contribution >= 0.6 is 11.8 Å². The lowest BCUT2D eigenvalue weighted by Crippen LogP contribution is -2.30. The molecular formula is C9H17NS. The zero-order valence-electron chi connectivity index (χ0n) is 7.23. The second-order valence-electron chi connectivity index (χ2n) is 4.08. The van der Waals surface area contributed by atoms with Crippen LogP contribution in [0.3, 0.4) is 0 Å². The van der Waals surface area contributed by atoms with E-state index in [9.17, 15) is 0 Å². The van der Waals surface area contributed by atoms with Crippen molar-refractivity contribution < 1.29 is 0 Å². The van der Waals surface area contributed by atoms with Crippen molar-refractivity contribution in [2.75, 3.05) is 18.8 Å². The molecule has 0 saturated carbocycles. The first kappa shape index (κ1) is 7.93. The van der Waals surface area contributed by atoms with Gasteiger partial charge in [0.2, 0.25) is 0 Å². The van der Waals surface area contributed by atoms with E-state index in [1.165, 1.54) is 38.1 Å². The SMILES string of the molecule is CC1(C2CCCS2)CCNC1. The Morgan fingerprint density at radius 3 is 3.00 bits per heavy atom. The largest absolute Gasteiger partial charge is 0.316 e. The van der Waals surface area contributed by atoms with Gasteiger partial charge in [-0.05, 0) is 37.0 Å². The van der Waals surface area contributed by atoms with Gasteiger partial charge in [-0.1, -0.05) is 6.92 Å². The Labute approximate surface area is 73.3 Å². The maximum absolute atomic E-state index is 3.48. The number of nitrogens with one attached hydrogen (secondary N) is 1. The Bertz CT molecular complexity index is 134. The molecule has 2 atom stereocenters. The van der Waals surface area contributed by atoms with Crippen molar-refractivity contribution in [3.63, 3.8) is 0 Å². The quantitative estimate of drug-likeness (QED) is 0.646. The minimum Gasteiger partial charge on any atom is -0.316 e. The summed E-state index contributed by atoms with van der Waals surface area (Å²) >= 11 is 2.20. The summed E-state index contributed by atoms with van der Waals surface area (Å²) in [5.41, 5.74) is 0.626. The molecule has 2 rings (SSSR count). The van der Waals surface area contributed by atoms with E-state index in [0.717, 1.165) is 5.25 Å². The van der Waals surface area contributed by atoms with Crippen LogP contribution < -0.4 is 5.32 Å². The molecule has 0 aromatic rings. The minimum atomic E-state index is 0.626. The third-order valence-corrected chi connectivity index (χ3v) is 4.84. The Morgan fingerprint density at radius 2 is 2.45 bits per heavy atom. The summed E-state index contributed by atoms with van der Waals surface area (Å²) in [6, 6.07) is 0. The van der Waals surface area contributed by atoms with Crippen molar-refractivity contribution in [3.05, 3.63) is 0 Å². The zero-order valence-corrected chi connectivity index (χ0v) is 8.04. The summed E-state index contributed by atoms with van der Waals surface area (Å²) in [4.78, 5) is 0. The number of hydrogen-bond acceptors (Lipinski definition) is 2. The van der Waals surface area contributed by atoms with E-state index < -0.39 is 0 Å². The van der Waals surface area contributed by atoms with Gasteiger partial charge in [0.15, 0.2) is 0 Å². The van der Waals surface area contributed by atoms with Crippen LogP contribution in [0.5, 0.6) is 0 Å². The van der Waals surface area contributed by atoms with Crippen LogP contribution in [0.15, 0.2) is 0 Å². The van der Waals surface area contributed by atoms with Gasteiger partial charge in [0.25, 0.3) is 0 Å². The molecular weight excluding hydrogens is 154 g/mol. The second-order valence-corrected chi connectivity index (χ2v) is 5.39. The van der Waals surface area contributed by atoms with Gasteiger partial charge in [0.05, 0.1) is 0 Å². The number of thioether (sulfide) groups is 1. The van der Waals surface area contributed by atoms with E-state index in [-0.39, 0.29) is 0 Å². The van der Waals surface area contributed by atoms with Crippen molar-refractivity contribution in [2.24, 2.45) is 5.41 Å². The molecule has 2 saturated heterocycles. The molecule has 0 bridgehead atoms. The predicted molar refractivity (Wildman–Crippen MR) is 51.1 cm³/mol. The lowest BCUT2D eigenvalue weighted by atomic mass is 9.84. The van der Waals surface area contributed by atoms with Gasteiger partial charge >= 0.3 is 0 Å². The highest BCUT2D eigenvalue weighted by Gasteiger charge is 2.38. The third kappa shape index (κ3) is 1.43. The fourth-order valence-corrected chi connectivity index (χ4v) is 3.79. The average Bonchev–Trinajstić information content (AvgIpc) is 2.55. The fourth-order valence-electron chi connectivity index (χ4n) is 2.24. The topological polar surface area (TPSA) is 12.0 Å². The highest BCUT2D eigenvalue weighted by molar-refractivity contribution is 8.00. The molecule has 2 aliphatic heterocycles. The molecule has 2 heteroatoms. The smallest absolute Gasteiger partial charge is 0.0114 e. The van der Waals surface area contributed by atoms with Crippen LogP contribution in [0.2, 0.25) is 0 Å². The summed E-state index contributed by atoms with van der Waals surface area (Å²) in [6.07, 6.45) is 4.30. The summed E-state index contributed by atoms with van der Waals surface area (Å²) in [5.74, 6) is 1.40. The summed E-state index contributed by atoms with van der Waals surface area (Å²) in [6.45, 7) is 4.95. The van der Waals surface area contributed by atoms with Crippen molar-refractivity contribution in [3.8, 4) is 0 Å². The second kappa shape index (κ2) is 2.98. The van der Waals surface area contributed by atoms with Crippen LogP contribution in [-0.2, 0) is 0 Å². The molecule has 1 N–H and O–H groups in total. The minimum absolute atomic E-state index is 0.626. The molecule has 0 aliphatic carbocycles. The van der Waals surface area contributed by atoms with Gasteiger partial charge in [0, 0.05) is 11.8 Å². The first-order valence-electron chi connectivity index (χ1n) is 4.64. The van der Waals surface area contributed by atoms with Crippen molar-refractivity contribution in [2.45, 2.75) is 31.4 Å². The van der Waals surface area contributed by atoms with Crippen LogP contribution in [0.4, 0.5) is 0 Å². The number of rotatable bonds is 1. The molecule has 2 unspecified atom stereocenters. The lowest BCUT2D eigenvalue weighted by Gasteiger charge is -2.29. The Balaban J connectivity index is 2.00. The normalized spacial score (nSPS) is 45.0. The molecule has 0 aromatic heterocycles. The van der Waals surface area contributed by atoms with Crippen LogP contribution in [0.25, 0.3) is 0 Å². The molecule has 0 radical (unpaired) electrons.